The molecule has 0 radical (unpaired) electrons. The number of thioether (sulfide) groups is 1. The Kier molecular flexibility index (Phi) is 4.90. The van der Waals surface area contributed by atoms with Crippen molar-refractivity contribution in [1.82, 2.24) is 9.97 Å². The van der Waals surface area contributed by atoms with Crippen molar-refractivity contribution >= 4 is 56.5 Å². The Morgan fingerprint density at radius 3 is 2.88 bits per heavy atom. The number of aryl methyl sites for hydroxylation is 2. The summed E-state index contributed by atoms with van der Waals surface area (Å²) in [6.45, 7) is 4.21. The van der Waals surface area contributed by atoms with Crippen LogP contribution in [0.4, 0.5) is 5.69 Å². The zero-order chi connectivity index (χ0) is 18.3. The number of aromatic nitrogens is 2. The summed E-state index contributed by atoms with van der Waals surface area (Å²) in [6, 6.07) is 7.17. The maximum Gasteiger partial charge on any atom is 0.234 e. The van der Waals surface area contributed by atoms with Gasteiger partial charge in [0.1, 0.15) is 15.7 Å². The first-order valence-electron chi connectivity index (χ1n) is 8.47. The Morgan fingerprint density at radius 2 is 2.15 bits per heavy atom. The van der Waals surface area contributed by atoms with E-state index in [0.29, 0.717) is 22.4 Å². The van der Waals surface area contributed by atoms with Crippen molar-refractivity contribution in [1.29, 1.82) is 0 Å². The third-order valence-corrected chi connectivity index (χ3v) is 6.72. The number of rotatable bonds is 5. The Bertz CT molecular complexity index is 998. The summed E-state index contributed by atoms with van der Waals surface area (Å²) in [7, 11) is 0. The summed E-state index contributed by atoms with van der Waals surface area (Å²) in [5.74, 6) is 1.65. The number of thiophene rings is 1. The molecule has 2 heterocycles. The molecule has 4 nitrogen and oxygen atoms in total. The number of hydrogen-bond acceptors (Lipinski definition) is 5. The Morgan fingerprint density at radius 1 is 1.35 bits per heavy atom. The molecule has 1 aliphatic carbocycles. The lowest BCUT2D eigenvalue weighted by molar-refractivity contribution is -0.113. The average Bonchev–Trinajstić information content (AvgIpc) is 3.40. The molecule has 0 spiro atoms. The van der Waals surface area contributed by atoms with E-state index in [1.165, 1.54) is 22.2 Å². The number of halogens is 1. The van der Waals surface area contributed by atoms with Gasteiger partial charge in [0.25, 0.3) is 0 Å². The Hall–Kier alpha value is -1.63. The molecule has 1 saturated carbocycles. The maximum absolute atomic E-state index is 12.3. The van der Waals surface area contributed by atoms with Crippen molar-refractivity contribution in [3.05, 3.63) is 45.6 Å². The normalized spacial score (nSPS) is 14.0. The van der Waals surface area contributed by atoms with Crippen molar-refractivity contribution in [3.8, 4) is 0 Å². The first-order valence-corrected chi connectivity index (χ1v) is 10.6. The van der Waals surface area contributed by atoms with Crippen LogP contribution in [0.5, 0.6) is 0 Å². The van der Waals surface area contributed by atoms with Crippen molar-refractivity contribution in [2.24, 2.45) is 0 Å². The van der Waals surface area contributed by atoms with Crippen LogP contribution in [0, 0.1) is 13.8 Å². The van der Waals surface area contributed by atoms with Gasteiger partial charge in [-0.3, -0.25) is 4.79 Å². The summed E-state index contributed by atoms with van der Waals surface area (Å²) in [6.07, 6.45) is 2.32. The molecule has 7 heteroatoms. The average molecular weight is 404 g/mol. The summed E-state index contributed by atoms with van der Waals surface area (Å²) >= 11 is 9.16. The first kappa shape index (κ1) is 17.8. The third-order valence-electron chi connectivity index (χ3n) is 4.40. The first-order chi connectivity index (χ1) is 12.5. The van der Waals surface area contributed by atoms with Crippen molar-refractivity contribution in [2.45, 2.75) is 37.6 Å². The fourth-order valence-corrected chi connectivity index (χ4v) is 4.94. The predicted molar refractivity (Wildman–Crippen MR) is 110 cm³/mol. The molecule has 134 valence electrons. The monoisotopic (exact) mass is 403 g/mol. The highest BCUT2D eigenvalue weighted by molar-refractivity contribution is 8.00. The van der Waals surface area contributed by atoms with E-state index in [-0.39, 0.29) is 5.91 Å². The van der Waals surface area contributed by atoms with Crippen molar-refractivity contribution in [2.75, 3.05) is 11.1 Å². The second-order valence-electron chi connectivity index (χ2n) is 6.47. The Balaban J connectivity index is 1.55. The van der Waals surface area contributed by atoms with Crippen molar-refractivity contribution < 1.29 is 4.79 Å². The van der Waals surface area contributed by atoms with Gasteiger partial charge in [-0.2, -0.15) is 0 Å². The van der Waals surface area contributed by atoms with Crippen LogP contribution < -0.4 is 5.32 Å². The topological polar surface area (TPSA) is 54.9 Å². The number of anilines is 1. The fourth-order valence-electron chi connectivity index (χ4n) is 2.75. The summed E-state index contributed by atoms with van der Waals surface area (Å²) in [5, 5.41) is 5.50. The molecule has 1 amide bonds. The van der Waals surface area contributed by atoms with Crippen LogP contribution in [0.25, 0.3) is 10.2 Å². The molecule has 4 rings (SSSR count). The van der Waals surface area contributed by atoms with Gasteiger partial charge in [-0.15, -0.1) is 11.3 Å². The van der Waals surface area contributed by atoms with E-state index in [1.807, 2.05) is 12.1 Å². The third kappa shape index (κ3) is 3.72. The molecule has 1 fully saturated rings. The van der Waals surface area contributed by atoms with E-state index in [4.69, 9.17) is 21.6 Å². The highest BCUT2D eigenvalue weighted by atomic mass is 35.5. The summed E-state index contributed by atoms with van der Waals surface area (Å²) in [4.78, 5) is 24.2. The molecular formula is C19H18ClN3OS2. The Labute approximate surface area is 165 Å². The van der Waals surface area contributed by atoms with Gasteiger partial charge in [0, 0.05) is 26.9 Å². The summed E-state index contributed by atoms with van der Waals surface area (Å²) in [5.41, 5.74) is 1.92. The minimum atomic E-state index is -0.0680. The van der Waals surface area contributed by atoms with Gasteiger partial charge in [0.15, 0.2) is 0 Å². The fraction of sp³-hybridized carbons (Fsp3) is 0.316. The van der Waals surface area contributed by atoms with Gasteiger partial charge in [0.2, 0.25) is 5.91 Å². The molecule has 0 atom stereocenters. The van der Waals surface area contributed by atoms with Gasteiger partial charge in [-0.1, -0.05) is 29.4 Å². The molecule has 2 aromatic heterocycles. The number of nitrogens with zero attached hydrogens (tertiary/aromatic N) is 2. The quantitative estimate of drug-likeness (QED) is 0.447. The molecule has 26 heavy (non-hydrogen) atoms. The molecule has 0 unspecified atom stereocenters. The zero-order valence-corrected chi connectivity index (χ0v) is 16.9. The number of amides is 1. The molecule has 1 N–H and O–H groups in total. The molecule has 0 saturated heterocycles. The smallest absolute Gasteiger partial charge is 0.234 e. The lowest BCUT2D eigenvalue weighted by atomic mass is 10.2. The molecule has 3 aromatic rings. The van der Waals surface area contributed by atoms with Gasteiger partial charge in [0.05, 0.1) is 5.75 Å². The number of carbonyl (C=O) groups is 1. The van der Waals surface area contributed by atoms with Crippen LogP contribution in [-0.2, 0) is 4.79 Å². The SMILES string of the molecule is Cc1sc2nc(C3CC3)nc(SCC(=O)Nc3cccc(Cl)c3)c2c1C. The molecule has 1 aliphatic rings. The lowest BCUT2D eigenvalue weighted by Gasteiger charge is -2.08. The summed E-state index contributed by atoms with van der Waals surface area (Å²) < 4.78 is 0. The van der Waals surface area contributed by atoms with E-state index in [2.05, 4.69) is 19.2 Å². The minimum absolute atomic E-state index is 0.0680. The van der Waals surface area contributed by atoms with E-state index in [1.54, 1.807) is 23.5 Å². The number of carbonyl (C=O) groups excluding carboxylic acids is 1. The van der Waals surface area contributed by atoms with Crippen LogP contribution >= 0.6 is 34.7 Å². The van der Waals surface area contributed by atoms with Crippen LogP contribution in [0.3, 0.4) is 0 Å². The van der Waals surface area contributed by atoms with E-state index in [0.717, 1.165) is 33.9 Å². The molecular weight excluding hydrogens is 386 g/mol. The van der Waals surface area contributed by atoms with Crippen LogP contribution in [0.2, 0.25) is 5.02 Å². The van der Waals surface area contributed by atoms with Crippen LogP contribution in [0.15, 0.2) is 29.3 Å². The molecule has 0 bridgehead atoms. The minimum Gasteiger partial charge on any atom is -0.325 e. The predicted octanol–water partition coefficient (Wildman–Crippen LogP) is 5.57. The number of fused-ring (bicyclic) bond motifs is 1. The second kappa shape index (κ2) is 7.18. The van der Waals surface area contributed by atoms with E-state index < -0.39 is 0 Å². The highest BCUT2D eigenvalue weighted by Crippen LogP contribution is 2.42. The lowest BCUT2D eigenvalue weighted by Crippen LogP contribution is -2.14. The van der Waals surface area contributed by atoms with Crippen LogP contribution in [-0.4, -0.2) is 21.6 Å². The standard InChI is InChI=1S/C19H18ClN3OS2/c1-10-11(2)26-19-16(10)18(22-17(23-19)12-6-7-12)25-9-15(24)21-14-5-3-4-13(20)8-14/h3-5,8,12H,6-7,9H2,1-2H3,(H,21,24). The van der Waals surface area contributed by atoms with E-state index in [9.17, 15) is 4.79 Å². The number of hydrogen-bond donors (Lipinski definition) is 1. The maximum atomic E-state index is 12.3. The van der Waals surface area contributed by atoms with Gasteiger partial charge < -0.3 is 5.32 Å². The van der Waals surface area contributed by atoms with Crippen molar-refractivity contribution in [3.63, 3.8) is 0 Å². The van der Waals surface area contributed by atoms with Crippen LogP contribution in [0.1, 0.15) is 35.0 Å². The largest absolute Gasteiger partial charge is 0.325 e. The van der Waals surface area contributed by atoms with E-state index >= 15 is 0 Å². The number of benzene rings is 1. The molecule has 0 aliphatic heterocycles. The zero-order valence-electron chi connectivity index (χ0n) is 14.5. The number of nitrogens with one attached hydrogen (secondary N) is 1. The van der Waals surface area contributed by atoms with Gasteiger partial charge in [-0.25, -0.2) is 9.97 Å². The second-order valence-corrected chi connectivity index (χ2v) is 9.08. The van der Waals surface area contributed by atoms with Gasteiger partial charge >= 0.3 is 0 Å². The van der Waals surface area contributed by atoms with Gasteiger partial charge in [-0.05, 0) is 50.5 Å². The highest BCUT2D eigenvalue weighted by Gasteiger charge is 2.28. The molecule has 1 aromatic carbocycles.